The average molecular weight is 430 g/mol. The summed E-state index contributed by atoms with van der Waals surface area (Å²) in [6.45, 7) is 1.95. The van der Waals surface area contributed by atoms with Crippen LogP contribution in [0.15, 0.2) is 72.8 Å². The molecule has 3 unspecified atom stereocenters. The monoisotopic (exact) mass is 430 g/mol. The minimum absolute atomic E-state index is 0.00640. The van der Waals surface area contributed by atoms with Gasteiger partial charge in [0.1, 0.15) is 5.92 Å². The highest BCUT2D eigenvalue weighted by atomic mass is 16.7. The zero-order valence-corrected chi connectivity index (χ0v) is 17.6. The van der Waals surface area contributed by atoms with E-state index in [4.69, 9.17) is 9.57 Å². The molecule has 0 aliphatic carbocycles. The normalized spacial score (nSPS) is 22.4. The standard InChI is InChI=1S/C25H22N2O5/c1-15-8-11-17(12-9-15)26-24(29)21-22(16-10-13-19(28)20(14-16)31-2)27(32-23(21)25(26)30)18-6-4-3-5-7-18/h3-14,21-23,28H,1-2H3. The van der Waals surface area contributed by atoms with Crippen molar-refractivity contribution in [3.05, 3.63) is 83.9 Å². The summed E-state index contributed by atoms with van der Waals surface area (Å²) in [6.07, 6.45) is -0.950. The molecule has 2 heterocycles. The lowest BCUT2D eigenvalue weighted by Gasteiger charge is -2.29. The van der Waals surface area contributed by atoms with Gasteiger partial charge in [0.05, 0.1) is 24.5 Å². The second-order valence-corrected chi connectivity index (χ2v) is 7.94. The second-order valence-electron chi connectivity index (χ2n) is 7.94. The summed E-state index contributed by atoms with van der Waals surface area (Å²) in [7, 11) is 1.46. The molecule has 162 valence electrons. The molecule has 7 nitrogen and oxygen atoms in total. The van der Waals surface area contributed by atoms with Gasteiger partial charge in [-0.15, -0.1) is 0 Å². The number of fused-ring (bicyclic) bond motifs is 1. The van der Waals surface area contributed by atoms with Crippen molar-refractivity contribution in [3.63, 3.8) is 0 Å². The zero-order chi connectivity index (χ0) is 22.4. The first-order chi connectivity index (χ1) is 15.5. The SMILES string of the molecule is COc1cc(C2C3C(=O)N(c4ccc(C)cc4)C(=O)C3ON2c2ccccc2)ccc1O. The van der Waals surface area contributed by atoms with Crippen LogP contribution in [0.5, 0.6) is 11.5 Å². The van der Waals surface area contributed by atoms with Crippen molar-refractivity contribution in [2.24, 2.45) is 5.92 Å². The highest BCUT2D eigenvalue weighted by molar-refractivity contribution is 6.23. The van der Waals surface area contributed by atoms with Crippen LogP contribution in [0.4, 0.5) is 11.4 Å². The first-order valence-corrected chi connectivity index (χ1v) is 10.3. The summed E-state index contributed by atoms with van der Waals surface area (Å²) in [5, 5.41) is 11.7. The van der Waals surface area contributed by atoms with Crippen LogP contribution >= 0.6 is 0 Å². The Hall–Kier alpha value is -3.84. The van der Waals surface area contributed by atoms with Gasteiger partial charge in [0, 0.05) is 0 Å². The number of ether oxygens (including phenoxy) is 1. The topological polar surface area (TPSA) is 79.3 Å². The van der Waals surface area contributed by atoms with Crippen molar-refractivity contribution in [1.29, 1.82) is 0 Å². The van der Waals surface area contributed by atoms with Gasteiger partial charge in [-0.25, -0.2) is 9.96 Å². The Kier molecular flexibility index (Phi) is 4.83. The molecule has 7 heteroatoms. The highest BCUT2D eigenvalue weighted by Crippen LogP contribution is 2.48. The van der Waals surface area contributed by atoms with E-state index >= 15 is 0 Å². The lowest BCUT2D eigenvalue weighted by Crippen LogP contribution is -2.37. The molecule has 2 aliphatic rings. The summed E-state index contributed by atoms with van der Waals surface area (Å²) in [6, 6.07) is 20.9. The van der Waals surface area contributed by atoms with Crippen molar-refractivity contribution in [2.45, 2.75) is 19.1 Å². The van der Waals surface area contributed by atoms with Crippen LogP contribution in [0, 0.1) is 12.8 Å². The Balaban J connectivity index is 1.60. The van der Waals surface area contributed by atoms with Crippen LogP contribution in [-0.4, -0.2) is 30.1 Å². The molecule has 3 aromatic rings. The second kappa shape index (κ2) is 7.69. The molecular formula is C25H22N2O5. The van der Waals surface area contributed by atoms with Crippen LogP contribution in [0.2, 0.25) is 0 Å². The number of aromatic hydroxyl groups is 1. The number of aryl methyl sites for hydroxylation is 1. The van der Waals surface area contributed by atoms with Gasteiger partial charge in [-0.05, 0) is 48.9 Å². The number of hydrogen-bond donors (Lipinski definition) is 1. The minimum Gasteiger partial charge on any atom is -0.504 e. The fraction of sp³-hybridized carbons (Fsp3) is 0.200. The predicted octanol–water partition coefficient (Wildman–Crippen LogP) is 3.76. The largest absolute Gasteiger partial charge is 0.504 e. The van der Waals surface area contributed by atoms with Crippen molar-refractivity contribution in [3.8, 4) is 11.5 Å². The molecule has 1 N–H and O–H groups in total. The fourth-order valence-corrected chi connectivity index (χ4v) is 4.38. The maximum Gasteiger partial charge on any atom is 0.266 e. The maximum atomic E-state index is 13.6. The van der Waals surface area contributed by atoms with Gasteiger partial charge in [0.2, 0.25) is 5.91 Å². The van der Waals surface area contributed by atoms with Gasteiger partial charge < -0.3 is 9.84 Å². The number of amides is 2. The van der Waals surface area contributed by atoms with E-state index in [0.29, 0.717) is 11.3 Å². The maximum absolute atomic E-state index is 13.6. The van der Waals surface area contributed by atoms with Gasteiger partial charge in [0.25, 0.3) is 5.91 Å². The quantitative estimate of drug-likeness (QED) is 0.635. The third-order valence-electron chi connectivity index (χ3n) is 5.96. The fourth-order valence-electron chi connectivity index (χ4n) is 4.38. The number of anilines is 2. The highest BCUT2D eigenvalue weighted by Gasteiger charge is 2.60. The number of hydrogen-bond acceptors (Lipinski definition) is 6. The van der Waals surface area contributed by atoms with Crippen LogP contribution < -0.4 is 14.7 Å². The van der Waals surface area contributed by atoms with Crippen molar-refractivity contribution in [2.75, 3.05) is 17.1 Å². The van der Waals surface area contributed by atoms with E-state index in [1.54, 1.807) is 29.3 Å². The predicted molar refractivity (Wildman–Crippen MR) is 118 cm³/mol. The van der Waals surface area contributed by atoms with E-state index in [1.165, 1.54) is 18.1 Å². The third kappa shape index (κ3) is 3.09. The van der Waals surface area contributed by atoms with E-state index in [9.17, 15) is 14.7 Å². The third-order valence-corrected chi connectivity index (χ3v) is 5.96. The van der Waals surface area contributed by atoms with E-state index in [-0.39, 0.29) is 17.4 Å². The molecule has 2 fully saturated rings. The Morgan fingerprint density at radius 1 is 0.906 bits per heavy atom. The lowest BCUT2D eigenvalue weighted by atomic mass is 9.90. The van der Waals surface area contributed by atoms with Gasteiger partial charge >= 0.3 is 0 Å². The van der Waals surface area contributed by atoms with Gasteiger partial charge in [-0.2, -0.15) is 0 Å². The Morgan fingerprint density at radius 3 is 2.31 bits per heavy atom. The van der Waals surface area contributed by atoms with Crippen LogP contribution in [-0.2, 0) is 14.4 Å². The van der Waals surface area contributed by atoms with E-state index < -0.39 is 24.0 Å². The number of carbonyl (C=O) groups excluding carboxylic acids is 2. The zero-order valence-electron chi connectivity index (χ0n) is 17.6. The summed E-state index contributed by atoms with van der Waals surface area (Å²) in [4.78, 5) is 34.2. The molecule has 2 aliphatic heterocycles. The molecule has 3 aromatic carbocycles. The van der Waals surface area contributed by atoms with Gasteiger partial charge in [-0.3, -0.25) is 14.4 Å². The Bertz CT molecular complexity index is 1180. The molecular weight excluding hydrogens is 408 g/mol. The summed E-state index contributed by atoms with van der Waals surface area (Å²) >= 11 is 0. The molecule has 0 bridgehead atoms. The Labute approximate surface area is 185 Å². The smallest absolute Gasteiger partial charge is 0.266 e. The Morgan fingerprint density at radius 2 is 1.62 bits per heavy atom. The number of phenolic OH excluding ortho intramolecular Hbond substituents is 1. The summed E-state index contributed by atoms with van der Waals surface area (Å²) in [5.74, 6) is -1.19. The van der Waals surface area contributed by atoms with Crippen LogP contribution in [0.25, 0.3) is 0 Å². The molecule has 0 radical (unpaired) electrons. The molecule has 3 atom stereocenters. The molecule has 5 rings (SSSR count). The van der Waals surface area contributed by atoms with Gasteiger partial charge in [0.15, 0.2) is 17.6 Å². The number of hydroxylamine groups is 1. The van der Waals surface area contributed by atoms with Crippen molar-refractivity contribution in [1.82, 2.24) is 0 Å². The molecule has 2 amide bonds. The lowest BCUT2D eigenvalue weighted by molar-refractivity contribution is -0.126. The number of para-hydroxylation sites is 1. The summed E-state index contributed by atoms with van der Waals surface area (Å²) in [5.41, 5.74) is 2.98. The average Bonchev–Trinajstić information content (AvgIpc) is 3.32. The number of phenols is 1. The molecule has 0 spiro atoms. The van der Waals surface area contributed by atoms with Crippen molar-refractivity contribution >= 4 is 23.2 Å². The number of imide groups is 1. The first-order valence-electron chi connectivity index (χ1n) is 10.3. The van der Waals surface area contributed by atoms with Gasteiger partial charge in [-0.1, -0.05) is 42.0 Å². The number of benzene rings is 3. The number of nitrogens with zero attached hydrogens (tertiary/aromatic N) is 2. The van der Waals surface area contributed by atoms with E-state index in [2.05, 4.69) is 0 Å². The number of rotatable bonds is 4. The minimum atomic E-state index is -0.950. The van der Waals surface area contributed by atoms with Crippen molar-refractivity contribution < 1.29 is 24.3 Å². The molecule has 2 saturated heterocycles. The van der Waals surface area contributed by atoms with E-state index in [1.807, 2.05) is 49.4 Å². The number of carbonyl (C=O) groups is 2. The molecule has 0 aromatic heterocycles. The molecule has 32 heavy (non-hydrogen) atoms. The summed E-state index contributed by atoms with van der Waals surface area (Å²) < 4.78 is 5.28. The van der Waals surface area contributed by atoms with E-state index in [0.717, 1.165) is 11.3 Å². The first kappa shape index (κ1) is 20.1. The number of methoxy groups -OCH3 is 1. The van der Waals surface area contributed by atoms with Crippen LogP contribution in [0.1, 0.15) is 17.2 Å². The molecule has 0 saturated carbocycles. The van der Waals surface area contributed by atoms with Crippen LogP contribution in [0.3, 0.4) is 0 Å².